The molecular weight excluding hydrogens is 224 g/mol. The Morgan fingerprint density at radius 2 is 2.31 bits per heavy atom. The minimum atomic E-state index is 0.518. The molecule has 0 aliphatic rings. The van der Waals surface area contributed by atoms with Gasteiger partial charge in [0.25, 0.3) is 0 Å². The van der Waals surface area contributed by atoms with Crippen LogP contribution in [0.15, 0.2) is 11.4 Å². The van der Waals surface area contributed by atoms with Crippen molar-refractivity contribution in [1.29, 1.82) is 0 Å². The van der Waals surface area contributed by atoms with Crippen LogP contribution in [-0.2, 0) is 0 Å². The highest BCUT2D eigenvalue weighted by molar-refractivity contribution is 7.99. The Balaban J connectivity index is 2.78. The summed E-state index contributed by atoms with van der Waals surface area (Å²) in [6.07, 6.45) is 2.64. The number of ether oxygens (including phenoxy) is 1. The van der Waals surface area contributed by atoms with E-state index >= 15 is 0 Å². The number of rotatable bonds is 6. The van der Waals surface area contributed by atoms with E-state index in [0.717, 1.165) is 17.2 Å². The van der Waals surface area contributed by atoms with E-state index in [-0.39, 0.29) is 0 Å². The first kappa shape index (κ1) is 13.1. The first-order valence-corrected chi connectivity index (χ1v) is 6.19. The van der Waals surface area contributed by atoms with Gasteiger partial charge in [-0.3, -0.25) is 0 Å². The van der Waals surface area contributed by atoms with Crippen molar-refractivity contribution < 1.29 is 4.74 Å². The van der Waals surface area contributed by atoms with Gasteiger partial charge < -0.3 is 10.2 Å². The lowest BCUT2D eigenvalue weighted by Gasteiger charge is -2.12. The number of hydrogen-bond acceptors (Lipinski definition) is 6. The third-order valence-electron chi connectivity index (χ3n) is 2.31. The second-order valence-electron chi connectivity index (χ2n) is 3.53. The quantitative estimate of drug-likeness (QED) is 0.343. The van der Waals surface area contributed by atoms with Gasteiger partial charge in [0, 0.05) is 5.75 Å². The monoisotopic (exact) mass is 242 g/mol. The van der Waals surface area contributed by atoms with Crippen molar-refractivity contribution in [2.75, 3.05) is 18.3 Å². The van der Waals surface area contributed by atoms with Gasteiger partial charge in [-0.25, -0.2) is 15.8 Å². The number of nitrogen functional groups attached to an aromatic ring is 1. The predicted molar refractivity (Wildman–Crippen MR) is 66.6 cm³/mol. The van der Waals surface area contributed by atoms with Gasteiger partial charge >= 0.3 is 0 Å². The number of nitrogens with two attached hydrogens (primary N) is 1. The average molecular weight is 242 g/mol. The molecule has 1 heterocycles. The fourth-order valence-corrected chi connectivity index (χ4v) is 2.20. The second-order valence-corrected chi connectivity index (χ2v) is 4.54. The number of anilines is 1. The minimum Gasteiger partial charge on any atom is -0.490 e. The number of nitrogens with zero attached hydrogens (tertiary/aromatic N) is 2. The summed E-state index contributed by atoms with van der Waals surface area (Å²) in [6.45, 7) is 4.39. The highest BCUT2D eigenvalue weighted by Crippen LogP contribution is 2.32. The summed E-state index contributed by atoms with van der Waals surface area (Å²) in [5, 5.41) is 0.825. The van der Waals surface area contributed by atoms with E-state index in [1.54, 1.807) is 18.9 Å². The van der Waals surface area contributed by atoms with Crippen molar-refractivity contribution in [3.8, 4) is 5.75 Å². The van der Waals surface area contributed by atoms with Crippen LogP contribution in [0.3, 0.4) is 0 Å². The molecule has 0 aliphatic heterocycles. The molecule has 1 unspecified atom stereocenters. The zero-order valence-electron chi connectivity index (χ0n) is 9.86. The molecule has 0 spiro atoms. The highest BCUT2D eigenvalue weighted by atomic mass is 32.2. The highest BCUT2D eigenvalue weighted by Gasteiger charge is 2.12. The Labute approximate surface area is 100 Å². The van der Waals surface area contributed by atoms with Crippen LogP contribution in [0, 0.1) is 5.92 Å². The van der Waals surface area contributed by atoms with E-state index in [2.05, 4.69) is 29.2 Å². The molecule has 1 atom stereocenters. The maximum atomic E-state index is 5.35. The van der Waals surface area contributed by atoms with Gasteiger partial charge in [-0.05, 0) is 5.92 Å². The van der Waals surface area contributed by atoms with Crippen LogP contribution < -0.4 is 16.0 Å². The smallest absolute Gasteiger partial charge is 0.195 e. The van der Waals surface area contributed by atoms with Crippen molar-refractivity contribution in [3.05, 3.63) is 6.33 Å². The van der Waals surface area contributed by atoms with Crippen molar-refractivity contribution >= 4 is 17.6 Å². The third kappa shape index (κ3) is 3.24. The van der Waals surface area contributed by atoms with Crippen LogP contribution in [0.25, 0.3) is 0 Å². The van der Waals surface area contributed by atoms with Crippen LogP contribution in [0.1, 0.15) is 20.3 Å². The Morgan fingerprint density at radius 3 is 2.88 bits per heavy atom. The number of thioether (sulfide) groups is 1. The summed E-state index contributed by atoms with van der Waals surface area (Å²) < 4.78 is 5.24. The molecule has 0 amide bonds. The zero-order valence-corrected chi connectivity index (χ0v) is 10.7. The topological polar surface area (TPSA) is 73.1 Å². The van der Waals surface area contributed by atoms with Gasteiger partial charge in [-0.2, -0.15) is 0 Å². The van der Waals surface area contributed by atoms with E-state index in [4.69, 9.17) is 10.6 Å². The number of hydrazine groups is 1. The lowest BCUT2D eigenvalue weighted by atomic mass is 10.2. The maximum Gasteiger partial charge on any atom is 0.195 e. The van der Waals surface area contributed by atoms with Gasteiger partial charge in [0.15, 0.2) is 11.6 Å². The predicted octanol–water partition coefficient (Wildman–Crippen LogP) is 1.91. The maximum absolute atomic E-state index is 5.35. The summed E-state index contributed by atoms with van der Waals surface area (Å²) in [4.78, 5) is 8.19. The molecule has 0 saturated heterocycles. The molecular formula is C10H18N4OS. The van der Waals surface area contributed by atoms with Crippen LogP contribution in [0.5, 0.6) is 5.75 Å². The fourth-order valence-electron chi connectivity index (χ4n) is 1.09. The van der Waals surface area contributed by atoms with E-state index < -0.39 is 0 Å². The van der Waals surface area contributed by atoms with Gasteiger partial charge in [0.05, 0.1) is 7.11 Å². The van der Waals surface area contributed by atoms with Crippen LogP contribution >= 0.6 is 11.8 Å². The largest absolute Gasteiger partial charge is 0.490 e. The number of nitrogens with one attached hydrogen (secondary N) is 1. The number of methoxy groups -OCH3 is 1. The molecule has 6 heteroatoms. The van der Waals surface area contributed by atoms with Crippen molar-refractivity contribution in [1.82, 2.24) is 9.97 Å². The Morgan fingerprint density at radius 1 is 1.56 bits per heavy atom. The summed E-state index contributed by atoms with van der Waals surface area (Å²) >= 11 is 1.66. The van der Waals surface area contributed by atoms with Gasteiger partial charge in [0.1, 0.15) is 11.4 Å². The Kier molecular flexibility index (Phi) is 5.34. The zero-order chi connectivity index (χ0) is 12.0. The molecule has 0 fully saturated rings. The molecule has 1 aromatic rings. The van der Waals surface area contributed by atoms with E-state index in [9.17, 15) is 0 Å². The first-order valence-electron chi connectivity index (χ1n) is 5.21. The molecule has 0 aliphatic carbocycles. The molecule has 1 rings (SSSR count). The number of aromatic nitrogens is 2. The van der Waals surface area contributed by atoms with Gasteiger partial charge in [-0.1, -0.05) is 20.3 Å². The van der Waals surface area contributed by atoms with Crippen LogP contribution in [0.2, 0.25) is 0 Å². The fraction of sp³-hybridized carbons (Fsp3) is 0.600. The Bertz CT molecular complexity index is 335. The minimum absolute atomic E-state index is 0.518. The van der Waals surface area contributed by atoms with E-state index in [1.807, 2.05) is 0 Å². The van der Waals surface area contributed by atoms with Gasteiger partial charge in [0.2, 0.25) is 0 Å². The third-order valence-corrected chi connectivity index (χ3v) is 3.61. The molecule has 0 radical (unpaired) electrons. The van der Waals surface area contributed by atoms with Gasteiger partial charge in [-0.15, -0.1) is 11.8 Å². The molecule has 3 N–H and O–H groups in total. The molecule has 0 bridgehead atoms. The van der Waals surface area contributed by atoms with Crippen LogP contribution in [-0.4, -0.2) is 22.8 Å². The molecule has 0 aromatic carbocycles. The van der Waals surface area contributed by atoms with Crippen molar-refractivity contribution in [3.63, 3.8) is 0 Å². The van der Waals surface area contributed by atoms with Crippen molar-refractivity contribution in [2.45, 2.75) is 25.3 Å². The van der Waals surface area contributed by atoms with E-state index in [1.165, 1.54) is 6.33 Å². The Hall–Kier alpha value is -1.01. The van der Waals surface area contributed by atoms with E-state index in [0.29, 0.717) is 17.5 Å². The lowest BCUT2D eigenvalue weighted by molar-refractivity contribution is 0.400. The molecule has 16 heavy (non-hydrogen) atoms. The lowest BCUT2D eigenvalue weighted by Crippen LogP contribution is -2.11. The average Bonchev–Trinajstić information content (AvgIpc) is 2.34. The molecule has 0 saturated carbocycles. The molecule has 1 aromatic heterocycles. The molecule has 90 valence electrons. The SMILES string of the molecule is CCC(C)CSc1ncnc(NN)c1OC. The summed E-state index contributed by atoms with van der Waals surface area (Å²) in [5.74, 6) is 8.13. The normalized spacial score (nSPS) is 12.2. The summed E-state index contributed by atoms with van der Waals surface area (Å²) in [6, 6.07) is 0. The standard InChI is InChI=1S/C10H18N4OS/c1-4-7(2)5-16-10-8(15-3)9(14-11)12-6-13-10/h6-7H,4-5,11H2,1-3H3,(H,12,13,14). The summed E-state index contributed by atoms with van der Waals surface area (Å²) in [5.41, 5.74) is 2.50. The summed E-state index contributed by atoms with van der Waals surface area (Å²) in [7, 11) is 1.59. The van der Waals surface area contributed by atoms with Crippen LogP contribution in [0.4, 0.5) is 5.82 Å². The second kappa shape index (κ2) is 6.55. The first-order chi connectivity index (χ1) is 7.72. The number of hydrogen-bond donors (Lipinski definition) is 2. The van der Waals surface area contributed by atoms with Crippen molar-refractivity contribution in [2.24, 2.45) is 11.8 Å². The molecule has 5 nitrogen and oxygen atoms in total.